The van der Waals surface area contributed by atoms with Gasteiger partial charge in [0.2, 0.25) is 0 Å². The minimum Gasteiger partial charge on any atom is -0.329 e. The largest absolute Gasteiger partial charge is 0.329 e. The summed E-state index contributed by atoms with van der Waals surface area (Å²) < 4.78 is 0. The van der Waals surface area contributed by atoms with E-state index < -0.39 is 0 Å². The SMILES string of the molecule is CCc1ccc(C(CN)c2ccc(C)s2)cc1. The van der Waals surface area contributed by atoms with Crippen molar-refractivity contribution in [3.63, 3.8) is 0 Å². The number of thiophene rings is 1. The van der Waals surface area contributed by atoms with Crippen molar-refractivity contribution in [1.29, 1.82) is 0 Å². The van der Waals surface area contributed by atoms with Gasteiger partial charge >= 0.3 is 0 Å². The average Bonchev–Trinajstić information content (AvgIpc) is 2.78. The molecule has 2 rings (SSSR count). The lowest BCUT2D eigenvalue weighted by molar-refractivity contribution is 0.834. The lowest BCUT2D eigenvalue weighted by Gasteiger charge is -2.14. The van der Waals surface area contributed by atoms with Gasteiger partial charge in [0.25, 0.3) is 0 Å². The van der Waals surface area contributed by atoms with Crippen molar-refractivity contribution in [3.05, 3.63) is 57.3 Å². The van der Waals surface area contributed by atoms with Crippen LogP contribution in [0.1, 0.15) is 33.7 Å². The van der Waals surface area contributed by atoms with Crippen LogP contribution in [0.2, 0.25) is 0 Å². The van der Waals surface area contributed by atoms with Crippen LogP contribution in [0.5, 0.6) is 0 Å². The standard InChI is InChI=1S/C15H19NS/c1-3-12-5-7-13(8-6-12)14(10-16)15-9-4-11(2)17-15/h4-9,14H,3,10,16H2,1-2H3. The van der Waals surface area contributed by atoms with E-state index in [-0.39, 0.29) is 0 Å². The Bertz CT molecular complexity index is 470. The second-order valence-electron chi connectivity index (χ2n) is 4.33. The first-order valence-electron chi connectivity index (χ1n) is 6.09. The van der Waals surface area contributed by atoms with Gasteiger partial charge in [-0.25, -0.2) is 0 Å². The summed E-state index contributed by atoms with van der Waals surface area (Å²) in [6, 6.07) is 13.2. The molecule has 90 valence electrons. The Morgan fingerprint density at radius 1 is 1.12 bits per heavy atom. The summed E-state index contributed by atoms with van der Waals surface area (Å²) in [5.74, 6) is 0.347. The van der Waals surface area contributed by atoms with E-state index in [0.717, 1.165) is 6.42 Å². The number of benzene rings is 1. The first-order chi connectivity index (χ1) is 8.24. The molecule has 1 atom stereocenters. The molecule has 0 radical (unpaired) electrons. The van der Waals surface area contributed by atoms with Gasteiger partial charge in [0.15, 0.2) is 0 Å². The van der Waals surface area contributed by atoms with E-state index in [1.165, 1.54) is 20.9 Å². The van der Waals surface area contributed by atoms with Crippen LogP contribution in [-0.2, 0) is 6.42 Å². The minimum atomic E-state index is 0.347. The fraction of sp³-hybridized carbons (Fsp3) is 0.333. The summed E-state index contributed by atoms with van der Waals surface area (Å²) in [4.78, 5) is 2.72. The third kappa shape index (κ3) is 2.76. The highest BCUT2D eigenvalue weighted by molar-refractivity contribution is 7.12. The smallest absolute Gasteiger partial charge is 0.0306 e. The molecule has 0 aliphatic heterocycles. The molecule has 2 heteroatoms. The van der Waals surface area contributed by atoms with Gasteiger partial charge in [0.05, 0.1) is 0 Å². The van der Waals surface area contributed by atoms with E-state index >= 15 is 0 Å². The lowest BCUT2D eigenvalue weighted by Crippen LogP contribution is -2.12. The molecule has 0 bridgehead atoms. The summed E-state index contributed by atoms with van der Waals surface area (Å²) in [7, 11) is 0. The van der Waals surface area contributed by atoms with Gasteiger partial charge in [0.1, 0.15) is 0 Å². The molecule has 1 aromatic heterocycles. The number of rotatable bonds is 4. The molecular weight excluding hydrogens is 226 g/mol. The summed E-state index contributed by atoms with van der Waals surface area (Å²) in [6.45, 7) is 4.99. The van der Waals surface area contributed by atoms with Crippen molar-refractivity contribution in [1.82, 2.24) is 0 Å². The zero-order valence-electron chi connectivity index (χ0n) is 10.4. The molecule has 1 unspecified atom stereocenters. The maximum Gasteiger partial charge on any atom is 0.0306 e. The van der Waals surface area contributed by atoms with E-state index in [1.54, 1.807) is 0 Å². The summed E-state index contributed by atoms with van der Waals surface area (Å²) in [6.07, 6.45) is 1.09. The lowest BCUT2D eigenvalue weighted by atomic mass is 9.96. The maximum absolute atomic E-state index is 5.92. The van der Waals surface area contributed by atoms with Gasteiger partial charge in [-0.15, -0.1) is 11.3 Å². The number of hydrogen-bond acceptors (Lipinski definition) is 2. The molecule has 0 spiro atoms. The van der Waals surface area contributed by atoms with E-state index in [2.05, 4.69) is 50.2 Å². The van der Waals surface area contributed by atoms with Crippen molar-refractivity contribution in [2.24, 2.45) is 5.73 Å². The molecule has 1 nitrogen and oxygen atoms in total. The Morgan fingerprint density at radius 2 is 1.82 bits per heavy atom. The quantitative estimate of drug-likeness (QED) is 0.873. The summed E-state index contributed by atoms with van der Waals surface area (Å²) in [5.41, 5.74) is 8.63. The molecule has 0 amide bonds. The van der Waals surface area contributed by atoms with Crippen molar-refractivity contribution in [2.75, 3.05) is 6.54 Å². The summed E-state index contributed by atoms with van der Waals surface area (Å²) in [5, 5.41) is 0. The van der Waals surface area contributed by atoms with Crippen molar-refractivity contribution in [3.8, 4) is 0 Å². The third-order valence-electron chi connectivity index (χ3n) is 3.13. The van der Waals surface area contributed by atoms with Gasteiger partial charge in [0, 0.05) is 22.2 Å². The molecule has 0 aliphatic carbocycles. The molecule has 2 aromatic rings. The minimum absolute atomic E-state index is 0.347. The molecule has 17 heavy (non-hydrogen) atoms. The van der Waals surface area contributed by atoms with Crippen LogP contribution in [0, 0.1) is 6.92 Å². The molecular formula is C15H19NS. The Balaban J connectivity index is 2.28. The van der Waals surface area contributed by atoms with Gasteiger partial charge in [-0.1, -0.05) is 31.2 Å². The van der Waals surface area contributed by atoms with Crippen LogP contribution >= 0.6 is 11.3 Å². The zero-order chi connectivity index (χ0) is 12.3. The fourth-order valence-corrected chi connectivity index (χ4v) is 3.06. The van der Waals surface area contributed by atoms with E-state index in [4.69, 9.17) is 5.73 Å². The first kappa shape index (κ1) is 12.3. The number of aryl methyl sites for hydroxylation is 2. The van der Waals surface area contributed by atoms with E-state index in [1.807, 2.05) is 11.3 Å². The average molecular weight is 245 g/mol. The van der Waals surface area contributed by atoms with Gasteiger partial charge in [-0.05, 0) is 36.6 Å². The molecule has 0 saturated carbocycles. The van der Waals surface area contributed by atoms with Crippen molar-refractivity contribution in [2.45, 2.75) is 26.2 Å². The second-order valence-corrected chi connectivity index (χ2v) is 5.65. The molecule has 0 saturated heterocycles. The number of nitrogens with two attached hydrogens (primary N) is 1. The third-order valence-corrected chi connectivity index (χ3v) is 4.24. The van der Waals surface area contributed by atoms with Crippen molar-refractivity contribution < 1.29 is 0 Å². The van der Waals surface area contributed by atoms with Gasteiger partial charge < -0.3 is 5.73 Å². The highest BCUT2D eigenvalue weighted by atomic mass is 32.1. The molecule has 1 heterocycles. The topological polar surface area (TPSA) is 26.0 Å². The fourth-order valence-electron chi connectivity index (χ4n) is 2.04. The molecule has 1 aromatic carbocycles. The van der Waals surface area contributed by atoms with Crippen LogP contribution in [0.4, 0.5) is 0 Å². The van der Waals surface area contributed by atoms with Crippen LogP contribution in [-0.4, -0.2) is 6.54 Å². The molecule has 0 fully saturated rings. The van der Waals surface area contributed by atoms with E-state index in [9.17, 15) is 0 Å². The van der Waals surface area contributed by atoms with Gasteiger partial charge in [-0.2, -0.15) is 0 Å². The molecule has 0 aliphatic rings. The normalized spacial score (nSPS) is 12.6. The monoisotopic (exact) mass is 245 g/mol. The Labute approximate surface area is 107 Å². The first-order valence-corrected chi connectivity index (χ1v) is 6.91. The van der Waals surface area contributed by atoms with Crippen LogP contribution in [0.25, 0.3) is 0 Å². The zero-order valence-corrected chi connectivity index (χ0v) is 11.3. The number of hydrogen-bond donors (Lipinski definition) is 1. The highest BCUT2D eigenvalue weighted by Gasteiger charge is 2.13. The second kappa shape index (κ2) is 5.48. The highest BCUT2D eigenvalue weighted by Crippen LogP contribution is 2.29. The van der Waals surface area contributed by atoms with Gasteiger partial charge in [-0.3, -0.25) is 0 Å². The summed E-state index contributed by atoms with van der Waals surface area (Å²) >= 11 is 1.85. The van der Waals surface area contributed by atoms with Crippen molar-refractivity contribution >= 4 is 11.3 Å². The van der Waals surface area contributed by atoms with Crippen LogP contribution < -0.4 is 5.73 Å². The Hall–Kier alpha value is -1.12. The maximum atomic E-state index is 5.92. The van der Waals surface area contributed by atoms with Crippen LogP contribution in [0.15, 0.2) is 36.4 Å². The molecule has 2 N–H and O–H groups in total. The van der Waals surface area contributed by atoms with E-state index in [0.29, 0.717) is 12.5 Å². The predicted octanol–water partition coefficient (Wildman–Crippen LogP) is 3.71. The Kier molecular flexibility index (Phi) is 3.97. The predicted molar refractivity (Wildman–Crippen MR) is 75.8 cm³/mol. The Morgan fingerprint density at radius 3 is 2.29 bits per heavy atom. The van der Waals surface area contributed by atoms with Crippen LogP contribution in [0.3, 0.4) is 0 Å².